The van der Waals surface area contributed by atoms with Gasteiger partial charge in [-0.2, -0.15) is 0 Å². The number of fused-ring (bicyclic) bond motifs is 3. The third-order valence-corrected chi connectivity index (χ3v) is 4.29. The van der Waals surface area contributed by atoms with Gasteiger partial charge in [-0.1, -0.05) is 35.9 Å². The molecule has 0 aliphatic heterocycles. The van der Waals surface area contributed by atoms with Gasteiger partial charge in [0.05, 0.1) is 0 Å². The monoisotopic (exact) mass is 253 g/mol. The van der Waals surface area contributed by atoms with E-state index in [4.69, 9.17) is 5.73 Å². The Morgan fingerprint density at radius 3 is 2.72 bits per heavy atom. The summed E-state index contributed by atoms with van der Waals surface area (Å²) in [7, 11) is 0. The Balaban J connectivity index is 2.24. The number of nitrogens with two attached hydrogens (primary N) is 1. The maximum absolute atomic E-state index is 5.64. The maximum Gasteiger partial charge on any atom is 0.0355 e. The number of benzene rings is 2. The molecule has 0 bridgehead atoms. The lowest BCUT2D eigenvalue weighted by atomic mass is 10.1. The summed E-state index contributed by atoms with van der Waals surface area (Å²) in [5.41, 5.74) is 8.07. The van der Waals surface area contributed by atoms with Crippen LogP contribution < -0.4 is 5.73 Å². The molecule has 2 aromatic carbocycles. The van der Waals surface area contributed by atoms with E-state index in [0.717, 1.165) is 0 Å². The van der Waals surface area contributed by atoms with E-state index in [-0.39, 0.29) is 0 Å². The number of hydrogen-bond donors (Lipinski definition) is 1. The third kappa shape index (κ3) is 1.94. The van der Waals surface area contributed by atoms with Gasteiger partial charge in [0.2, 0.25) is 0 Å². The van der Waals surface area contributed by atoms with E-state index < -0.39 is 0 Å². The van der Waals surface area contributed by atoms with Crippen LogP contribution in [0.4, 0.5) is 0 Å². The first-order valence-corrected chi connectivity index (χ1v) is 6.88. The summed E-state index contributed by atoms with van der Waals surface area (Å²) in [5, 5.41) is 2.69. The highest BCUT2D eigenvalue weighted by Crippen LogP contribution is 2.34. The number of hydrogen-bond acceptors (Lipinski definition) is 2. The molecule has 1 aromatic heterocycles. The summed E-state index contributed by atoms with van der Waals surface area (Å²) < 4.78 is 2.70. The Kier molecular flexibility index (Phi) is 2.90. The Hall–Kier alpha value is -1.64. The molecule has 0 fully saturated rings. The van der Waals surface area contributed by atoms with Crippen LogP contribution in [0.3, 0.4) is 0 Å². The van der Waals surface area contributed by atoms with Crippen LogP contribution in [0.15, 0.2) is 48.0 Å². The zero-order chi connectivity index (χ0) is 12.5. The van der Waals surface area contributed by atoms with E-state index in [9.17, 15) is 0 Å². The number of rotatable bonds is 2. The summed E-state index contributed by atoms with van der Waals surface area (Å²) in [4.78, 5) is 0. The van der Waals surface area contributed by atoms with Crippen LogP contribution in [0, 0.1) is 0 Å². The molecular weight excluding hydrogens is 238 g/mol. The molecule has 0 saturated carbocycles. The lowest BCUT2D eigenvalue weighted by molar-refractivity contribution is 1.15. The van der Waals surface area contributed by atoms with E-state index in [1.165, 1.54) is 31.3 Å². The quantitative estimate of drug-likeness (QED) is 0.719. The highest BCUT2D eigenvalue weighted by atomic mass is 32.1. The van der Waals surface area contributed by atoms with Crippen molar-refractivity contribution in [1.82, 2.24) is 0 Å². The molecular formula is C16H15NS. The summed E-state index contributed by atoms with van der Waals surface area (Å²) in [6.07, 6.45) is 2.16. The Bertz CT molecular complexity index is 737. The minimum absolute atomic E-state index is 0.614. The third-order valence-electron chi connectivity index (χ3n) is 3.14. The van der Waals surface area contributed by atoms with Gasteiger partial charge in [0, 0.05) is 26.7 Å². The van der Waals surface area contributed by atoms with Crippen LogP contribution in [0.2, 0.25) is 0 Å². The van der Waals surface area contributed by atoms with Gasteiger partial charge in [-0.25, -0.2) is 0 Å². The molecule has 0 atom stereocenters. The first-order valence-electron chi connectivity index (χ1n) is 6.06. The zero-order valence-electron chi connectivity index (χ0n) is 10.3. The van der Waals surface area contributed by atoms with Crippen LogP contribution in [0.25, 0.3) is 26.2 Å². The van der Waals surface area contributed by atoms with E-state index in [2.05, 4.69) is 55.5 Å². The van der Waals surface area contributed by atoms with Crippen molar-refractivity contribution in [3.8, 4) is 0 Å². The minimum Gasteiger partial charge on any atom is -0.327 e. The molecule has 0 unspecified atom stereocenters. The second-order valence-corrected chi connectivity index (χ2v) is 5.63. The van der Waals surface area contributed by atoms with Gasteiger partial charge in [-0.3, -0.25) is 0 Å². The molecule has 2 N–H and O–H groups in total. The summed E-state index contributed by atoms with van der Waals surface area (Å²) in [5.74, 6) is 0. The molecule has 3 aromatic rings. The van der Waals surface area contributed by atoms with Crippen molar-refractivity contribution in [1.29, 1.82) is 0 Å². The van der Waals surface area contributed by atoms with Crippen molar-refractivity contribution in [2.45, 2.75) is 6.92 Å². The van der Waals surface area contributed by atoms with Gasteiger partial charge in [-0.15, -0.1) is 11.3 Å². The Morgan fingerprint density at radius 2 is 1.89 bits per heavy atom. The molecule has 2 heteroatoms. The standard InChI is InChI=1S/C16H15NS/c1-11(10-17)8-12-6-7-16-14(9-12)13-4-2-3-5-15(13)18-16/h2-9H,10,17H2,1H3. The molecule has 0 radical (unpaired) electrons. The largest absolute Gasteiger partial charge is 0.327 e. The lowest BCUT2D eigenvalue weighted by Crippen LogP contribution is -1.99. The molecule has 90 valence electrons. The maximum atomic E-state index is 5.64. The summed E-state index contributed by atoms with van der Waals surface area (Å²) >= 11 is 1.85. The first kappa shape index (κ1) is 11.5. The fourth-order valence-electron chi connectivity index (χ4n) is 2.18. The van der Waals surface area contributed by atoms with Gasteiger partial charge in [-0.05, 0) is 30.7 Å². The normalized spacial score (nSPS) is 12.4. The second kappa shape index (κ2) is 4.56. The predicted molar refractivity (Wildman–Crippen MR) is 82.0 cm³/mol. The molecule has 0 aliphatic rings. The zero-order valence-corrected chi connectivity index (χ0v) is 11.1. The summed E-state index contributed by atoms with van der Waals surface area (Å²) in [6, 6.07) is 15.2. The van der Waals surface area contributed by atoms with Crippen molar-refractivity contribution in [2.75, 3.05) is 6.54 Å². The highest BCUT2D eigenvalue weighted by molar-refractivity contribution is 7.25. The van der Waals surface area contributed by atoms with Gasteiger partial charge in [0.15, 0.2) is 0 Å². The Labute approximate surface area is 111 Å². The topological polar surface area (TPSA) is 26.0 Å². The van der Waals surface area contributed by atoms with Crippen molar-refractivity contribution in [3.05, 3.63) is 53.6 Å². The molecule has 18 heavy (non-hydrogen) atoms. The number of thiophene rings is 1. The predicted octanol–water partition coefficient (Wildman–Crippen LogP) is 4.42. The smallest absolute Gasteiger partial charge is 0.0355 e. The van der Waals surface area contributed by atoms with E-state index >= 15 is 0 Å². The van der Waals surface area contributed by atoms with Crippen LogP contribution >= 0.6 is 11.3 Å². The average molecular weight is 253 g/mol. The van der Waals surface area contributed by atoms with Gasteiger partial charge < -0.3 is 5.73 Å². The average Bonchev–Trinajstić information content (AvgIpc) is 2.77. The van der Waals surface area contributed by atoms with Crippen LogP contribution in [-0.4, -0.2) is 6.54 Å². The van der Waals surface area contributed by atoms with Crippen LogP contribution in [-0.2, 0) is 0 Å². The van der Waals surface area contributed by atoms with Crippen molar-refractivity contribution < 1.29 is 0 Å². The van der Waals surface area contributed by atoms with E-state index in [1.807, 2.05) is 11.3 Å². The molecule has 0 amide bonds. The molecule has 0 saturated heterocycles. The molecule has 3 rings (SSSR count). The van der Waals surface area contributed by atoms with Gasteiger partial charge in [0.1, 0.15) is 0 Å². The van der Waals surface area contributed by atoms with Crippen LogP contribution in [0.5, 0.6) is 0 Å². The molecule has 1 heterocycles. The van der Waals surface area contributed by atoms with Gasteiger partial charge in [0.25, 0.3) is 0 Å². The first-order chi connectivity index (χ1) is 8.78. The van der Waals surface area contributed by atoms with Crippen molar-refractivity contribution in [3.63, 3.8) is 0 Å². The van der Waals surface area contributed by atoms with Crippen LogP contribution in [0.1, 0.15) is 12.5 Å². The fraction of sp³-hybridized carbons (Fsp3) is 0.125. The molecule has 1 nitrogen and oxygen atoms in total. The van der Waals surface area contributed by atoms with Gasteiger partial charge >= 0.3 is 0 Å². The van der Waals surface area contributed by atoms with E-state index in [0.29, 0.717) is 6.54 Å². The van der Waals surface area contributed by atoms with E-state index in [1.54, 1.807) is 0 Å². The lowest BCUT2D eigenvalue weighted by Gasteiger charge is -1.98. The fourth-order valence-corrected chi connectivity index (χ4v) is 3.26. The van der Waals surface area contributed by atoms with Crippen molar-refractivity contribution in [2.24, 2.45) is 5.73 Å². The Morgan fingerprint density at radius 1 is 1.11 bits per heavy atom. The molecule has 0 spiro atoms. The molecule has 0 aliphatic carbocycles. The minimum atomic E-state index is 0.614. The van der Waals surface area contributed by atoms with Crippen molar-refractivity contribution >= 4 is 37.6 Å². The highest BCUT2D eigenvalue weighted by Gasteiger charge is 2.04. The second-order valence-electron chi connectivity index (χ2n) is 4.55. The SMILES string of the molecule is CC(=Cc1ccc2sc3ccccc3c2c1)CN. The summed E-state index contributed by atoms with van der Waals surface area (Å²) in [6.45, 7) is 2.68.